The summed E-state index contributed by atoms with van der Waals surface area (Å²) < 4.78 is 0. The van der Waals surface area contributed by atoms with Gasteiger partial charge >= 0.3 is 0 Å². The predicted octanol–water partition coefficient (Wildman–Crippen LogP) is 0.947. The quantitative estimate of drug-likeness (QED) is 0.747. The lowest BCUT2D eigenvalue weighted by Gasteiger charge is -2.34. The van der Waals surface area contributed by atoms with E-state index >= 15 is 0 Å². The van der Waals surface area contributed by atoms with Gasteiger partial charge in [0.05, 0.1) is 17.2 Å². The number of fused-ring (bicyclic) bond motifs is 1. The summed E-state index contributed by atoms with van der Waals surface area (Å²) in [4.78, 5) is 29.8. The first-order chi connectivity index (χ1) is 8.70. The number of aromatic nitrogens is 1. The van der Waals surface area contributed by atoms with Gasteiger partial charge in [0.2, 0.25) is 0 Å². The summed E-state index contributed by atoms with van der Waals surface area (Å²) in [5.41, 5.74) is 6.91. The van der Waals surface area contributed by atoms with E-state index in [2.05, 4.69) is 4.98 Å². The number of carbonyl (C=O) groups excluding carboxylic acids is 2. The lowest BCUT2D eigenvalue weighted by Crippen LogP contribution is -2.51. The van der Waals surface area contributed by atoms with Gasteiger partial charge in [-0.3, -0.25) is 19.5 Å². The summed E-state index contributed by atoms with van der Waals surface area (Å²) in [6, 6.07) is 1.34. The van der Waals surface area contributed by atoms with Crippen LogP contribution in [0.5, 0.6) is 0 Å². The molecule has 3 rings (SSSR count). The molecule has 0 radical (unpaired) electrons. The van der Waals surface area contributed by atoms with E-state index < -0.39 is 0 Å². The van der Waals surface area contributed by atoms with Crippen LogP contribution in [-0.2, 0) is 0 Å². The molecule has 2 heterocycles. The topological polar surface area (TPSA) is 76.3 Å². The maximum atomic E-state index is 12.3. The molecule has 2 amide bonds. The second-order valence-corrected chi connectivity index (χ2v) is 4.92. The minimum absolute atomic E-state index is 0.103. The lowest BCUT2D eigenvalue weighted by atomic mass is 9.90. The SMILES string of the molecule is N[C@@H]1CCCC[C@H]1N1C(=O)c2ccncc2C1=O. The van der Waals surface area contributed by atoms with E-state index in [1.807, 2.05) is 0 Å². The number of pyridine rings is 1. The summed E-state index contributed by atoms with van der Waals surface area (Å²) >= 11 is 0. The number of imide groups is 1. The standard InChI is InChI=1S/C13H15N3O2/c14-10-3-1-2-4-11(10)16-12(17)8-5-6-15-7-9(8)13(16)18/h5-7,10-11H,1-4,14H2/t10-,11-/m1/s1. The van der Waals surface area contributed by atoms with Gasteiger partial charge in [-0.1, -0.05) is 12.8 Å². The zero-order valence-corrected chi connectivity index (χ0v) is 10.0. The van der Waals surface area contributed by atoms with E-state index in [4.69, 9.17) is 5.73 Å². The van der Waals surface area contributed by atoms with Gasteiger partial charge in [0.15, 0.2) is 0 Å². The molecule has 5 nitrogen and oxygen atoms in total. The maximum Gasteiger partial charge on any atom is 0.263 e. The smallest absolute Gasteiger partial charge is 0.263 e. The molecular weight excluding hydrogens is 230 g/mol. The van der Waals surface area contributed by atoms with E-state index in [0.717, 1.165) is 25.7 Å². The Bertz CT molecular complexity index is 480. The number of nitrogens with two attached hydrogens (primary N) is 1. The third kappa shape index (κ3) is 1.54. The van der Waals surface area contributed by atoms with Gasteiger partial charge in [0.25, 0.3) is 11.8 Å². The molecule has 2 atom stereocenters. The Kier molecular flexibility index (Phi) is 2.63. The van der Waals surface area contributed by atoms with Gasteiger partial charge in [-0.05, 0) is 18.9 Å². The van der Waals surface area contributed by atoms with Crippen LogP contribution in [0.3, 0.4) is 0 Å². The normalized spacial score (nSPS) is 27.5. The van der Waals surface area contributed by atoms with Crippen LogP contribution in [0.25, 0.3) is 0 Å². The van der Waals surface area contributed by atoms with Crippen LogP contribution in [0.15, 0.2) is 18.5 Å². The summed E-state index contributed by atoms with van der Waals surface area (Å²) in [6.45, 7) is 0. The van der Waals surface area contributed by atoms with Crippen molar-refractivity contribution in [1.82, 2.24) is 9.88 Å². The van der Waals surface area contributed by atoms with Crippen LogP contribution < -0.4 is 5.73 Å². The molecule has 0 spiro atoms. The van der Waals surface area contributed by atoms with Crippen molar-refractivity contribution in [2.75, 3.05) is 0 Å². The molecule has 1 saturated carbocycles. The molecule has 1 aliphatic carbocycles. The largest absolute Gasteiger partial charge is 0.326 e. The fourth-order valence-electron chi connectivity index (χ4n) is 2.86. The van der Waals surface area contributed by atoms with Crippen LogP contribution in [0.2, 0.25) is 0 Å². The summed E-state index contributed by atoms with van der Waals surface area (Å²) in [5.74, 6) is -0.467. The molecule has 0 unspecified atom stereocenters. The second-order valence-electron chi connectivity index (χ2n) is 4.92. The molecule has 0 bridgehead atoms. The van der Waals surface area contributed by atoms with Gasteiger partial charge in [0.1, 0.15) is 0 Å². The Morgan fingerprint density at radius 1 is 1.17 bits per heavy atom. The maximum absolute atomic E-state index is 12.3. The third-order valence-electron chi connectivity index (χ3n) is 3.83. The van der Waals surface area contributed by atoms with E-state index in [9.17, 15) is 9.59 Å². The molecule has 2 aliphatic rings. The number of nitrogens with zero attached hydrogens (tertiary/aromatic N) is 2. The van der Waals surface area contributed by atoms with E-state index in [1.54, 1.807) is 6.07 Å². The van der Waals surface area contributed by atoms with Crippen molar-refractivity contribution in [2.24, 2.45) is 5.73 Å². The Hall–Kier alpha value is -1.75. The molecule has 0 aromatic carbocycles. The zero-order valence-electron chi connectivity index (χ0n) is 10.0. The molecule has 18 heavy (non-hydrogen) atoms. The number of carbonyl (C=O) groups is 2. The molecule has 94 valence electrons. The lowest BCUT2D eigenvalue weighted by molar-refractivity contribution is 0.0525. The highest BCUT2D eigenvalue weighted by Gasteiger charge is 2.42. The van der Waals surface area contributed by atoms with E-state index in [-0.39, 0.29) is 23.9 Å². The minimum Gasteiger partial charge on any atom is -0.326 e. The van der Waals surface area contributed by atoms with Crippen LogP contribution >= 0.6 is 0 Å². The molecular formula is C13H15N3O2. The highest BCUT2D eigenvalue weighted by atomic mass is 16.2. The highest BCUT2D eigenvalue weighted by molar-refractivity contribution is 6.21. The van der Waals surface area contributed by atoms with Crippen molar-refractivity contribution in [2.45, 2.75) is 37.8 Å². The van der Waals surface area contributed by atoms with Crippen LogP contribution in [0.4, 0.5) is 0 Å². The first-order valence-electron chi connectivity index (χ1n) is 6.27. The Labute approximate surface area is 105 Å². The molecule has 1 aromatic rings. The molecule has 2 N–H and O–H groups in total. The van der Waals surface area contributed by atoms with Crippen molar-refractivity contribution in [3.63, 3.8) is 0 Å². The molecule has 1 aromatic heterocycles. The fourth-order valence-corrected chi connectivity index (χ4v) is 2.86. The summed E-state index contributed by atoms with van der Waals surface area (Å²) in [5, 5.41) is 0. The van der Waals surface area contributed by atoms with Crippen LogP contribution in [0, 0.1) is 0 Å². The first-order valence-corrected chi connectivity index (χ1v) is 6.27. The monoisotopic (exact) mass is 245 g/mol. The predicted molar refractivity (Wildman–Crippen MR) is 65.0 cm³/mol. The first kappa shape index (κ1) is 11.3. The van der Waals surface area contributed by atoms with Gasteiger partial charge < -0.3 is 5.73 Å². The fraction of sp³-hybridized carbons (Fsp3) is 0.462. The van der Waals surface area contributed by atoms with Crippen LogP contribution in [-0.4, -0.2) is 33.8 Å². The summed E-state index contributed by atoms with van der Waals surface area (Å²) in [6.07, 6.45) is 6.76. The minimum atomic E-state index is -0.245. The Morgan fingerprint density at radius 2 is 1.89 bits per heavy atom. The Balaban J connectivity index is 1.96. The van der Waals surface area contributed by atoms with Gasteiger partial charge in [-0.25, -0.2) is 0 Å². The van der Waals surface area contributed by atoms with Gasteiger partial charge in [-0.15, -0.1) is 0 Å². The van der Waals surface area contributed by atoms with Crippen molar-refractivity contribution in [3.05, 3.63) is 29.6 Å². The number of hydrogen-bond acceptors (Lipinski definition) is 4. The number of rotatable bonds is 1. The second kappa shape index (κ2) is 4.17. The molecule has 1 aliphatic heterocycles. The molecule has 1 fully saturated rings. The Morgan fingerprint density at radius 3 is 2.61 bits per heavy atom. The van der Waals surface area contributed by atoms with Crippen molar-refractivity contribution in [1.29, 1.82) is 0 Å². The van der Waals surface area contributed by atoms with E-state index in [1.165, 1.54) is 17.3 Å². The van der Waals surface area contributed by atoms with Gasteiger partial charge in [0, 0.05) is 18.4 Å². The number of amides is 2. The van der Waals surface area contributed by atoms with Crippen molar-refractivity contribution in [3.8, 4) is 0 Å². The number of hydrogen-bond donors (Lipinski definition) is 1. The summed E-state index contributed by atoms with van der Waals surface area (Å²) in [7, 11) is 0. The average molecular weight is 245 g/mol. The van der Waals surface area contributed by atoms with E-state index in [0.29, 0.717) is 11.1 Å². The van der Waals surface area contributed by atoms with Gasteiger partial charge in [-0.2, -0.15) is 0 Å². The van der Waals surface area contributed by atoms with Crippen molar-refractivity contribution >= 4 is 11.8 Å². The average Bonchev–Trinajstić information content (AvgIpc) is 2.64. The molecule has 0 saturated heterocycles. The zero-order chi connectivity index (χ0) is 12.7. The van der Waals surface area contributed by atoms with Crippen LogP contribution in [0.1, 0.15) is 46.4 Å². The highest BCUT2D eigenvalue weighted by Crippen LogP contribution is 2.29. The van der Waals surface area contributed by atoms with Crippen molar-refractivity contribution < 1.29 is 9.59 Å². The molecule has 5 heteroatoms. The third-order valence-corrected chi connectivity index (χ3v) is 3.83.